The number of hydrogen-bond donors (Lipinski definition) is 2. The summed E-state index contributed by atoms with van der Waals surface area (Å²) in [4.78, 5) is 2.40. The van der Waals surface area contributed by atoms with Gasteiger partial charge in [-0.2, -0.15) is 0 Å². The van der Waals surface area contributed by atoms with E-state index in [0.717, 1.165) is 20.1 Å². The summed E-state index contributed by atoms with van der Waals surface area (Å²) < 4.78 is 28.1. The van der Waals surface area contributed by atoms with Crippen LogP contribution < -0.4 is 10.0 Å². The van der Waals surface area contributed by atoms with E-state index in [4.69, 9.17) is 0 Å². The Kier molecular flexibility index (Phi) is 4.82. The number of sulfonamides is 1. The number of thiophene rings is 2. The molecule has 3 rings (SSSR count). The summed E-state index contributed by atoms with van der Waals surface area (Å²) in [5.74, 6) is 0. The van der Waals surface area contributed by atoms with Gasteiger partial charge in [0.25, 0.3) is 0 Å². The van der Waals surface area contributed by atoms with Crippen LogP contribution in [0.1, 0.15) is 22.6 Å². The Morgan fingerprint density at radius 3 is 2.71 bits per heavy atom. The van der Waals surface area contributed by atoms with Gasteiger partial charge in [-0.3, -0.25) is 0 Å². The Morgan fingerprint density at radius 2 is 2.05 bits per heavy atom. The first-order chi connectivity index (χ1) is 10.0. The van der Waals surface area contributed by atoms with E-state index in [-0.39, 0.29) is 0 Å². The molecule has 0 saturated heterocycles. The van der Waals surface area contributed by atoms with Crippen molar-refractivity contribution in [3.8, 4) is 0 Å². The summed E-state index contributed by atoms with van der Waals surface area (Å²) in [5, 5.41) is 5.09. The second kappa shape index (κ2) is 6.47. The van der Waals surface area contributed by atoms with E-state index in [1.165, 1.54) is 35.5 Å². The third kappa shape index (κ3) is 4.37. The average Bonchev–Trinajstić information content (AvgIpc) is 2.97. The third-order valence-electron chi connectivity index (χ3n) is 3.15. The molecule has 1 aliphatic carbocycles. The number of halogens is 1. The molecule has 0 radical (unpaired) electrons. The highest BCUT2D eigenvalue weighted by molar-refractivity contribution is 9.11. The summed E-state index contributed by atoms with van der Waals surface area (Å²) >= 11 is 6.39. The summed E-state index contributed by atoms with van der Waals surface area (Å²) in [6.07, 6.45) is 2.46. The highest BCUT2D eigenvalue weighted by Gasteiger charge is 2.21. The molecule has 1 aliphatic rings. The van der Waals surface area contributed by atoms with Crippen molar-refractivity contribution < 1.29 is 8.42 Å². The summed E-state index contributed by atoms with van der Waals surface area (Å²) in [5.41, 5.74) is 0. The van der Waals surface area contributed by atoms with Crippen LogP contribution in [0.25, 0.3) is 0 Å². The Hall–Kier alpha value is -0.250. The minimum Gasteiger partial charge on any atom is -0.309 e. The molecule has 1 fully saturated rings. The maximum atomic E-state index is 12.2. The Bertz CT molecular complexity index is 719. The van der Waals surface area contributed by atoms with Crippen molar-refractivity contribution in [1.29, 1.82) is 0 Å². The Labute approximate surface area is 140 Å². The third-order valence-corrected chi connectivity index (χ3v) is 7.24. The van der Waals surface area contributed by atoms with E-state index < -0.39 is 10.0 Å². The maximum Gasteiger partial charge on any atom is 0.241 e. The second-order valence-electron chi connectivity index (χ2n) is 4.93. The van der Waals surface area contributed by atoms with E-state index >= 15 is 0 Å². The van der Waals surface area contributed by atoms with Crippen molar-refractivity contribution >= 4 is 48.6 Å². The molecule has 2 heterocycles. The quantitative estimate of drug-likeness (QED) is 0.741. The lowest BCUT2D eigenvalue weighted by Gasteiger charge is -2.03. The topological polar surface area (TPSA) is 58.2 Å². The molecule has 0 unspecified atom stereocenters. The molecule has 1 saturated carbocycles. The molecule has 2 N–H and O–H groups in total. The molecule has 2 aromatic rings. The summed E-state index contributed by atoms with van der Waals surface area (Å²) in [6.45, 7) is 1.08. The van der Waals surface area contributed by atoms with Gasteiger partial charge in [0, 0.05) is 34.3 Å². The predicted octanol–water partition coefficient (Wildman–Crippen LogP) is 3.30. The SMILES string of the molecule is O=S(=O)(NCc1ccc(Br)s1)c1csc(CNC2CC2)c1. The molecule has 0 aliphatic heterocycles. The molecule has 0 aromatic carbocycles. The monoisotopic (exact) mass is 406 g/mol. The molecule has 0 bridgehead atoms. The Morgan fingerprint density at radius 1 is 1.24 bits per heavy atom. The van der Waals surface area contributed by atoms with Crippen LogP contribution >= 0.6 is 38.6 Å². The average molecular weight is 407 g/mol. The van der Waals surface area contributed by atoms with Gasteiger partial charge >= 0.3 is 0 Å². The number of nitrogens with one attached hydrogen (secondary N) is 2. The predicted molar refractivity (Wildman–Crippen MR) is 90.2 cm³/mol. The minimum atomic E-state index is -3.43. The van der Waals surface area contributed by atoms with Crippen LogP contribution in [0.15, 0.2) is 32.3 Å². The lowest BCUT2D eigenvalue weighted by atomic mass is 10.4. The lowest BCUT2D eigenvalue weighted by molar-refractivity contribution is 0.582. The standard InChI is InChI=1S/C13H15BrN2O2S3/c14-13-4-3-10(20-13)7-16-21(17,18)12-5-11(19-8-12)6-15-9-1-2-9/h3-5,8-9,15-16H,1-2,6-7H2. The van der Waals surface area contributed by atoms with Gasteiger partial charge in [0.1, 0.15) is 0 Å². The van der Waals surface area contributed by atoms with E-state index in [2.05, 4.69) is 26.0 Å². The van der Waals surface area contributed by atoms with Crippen LogP contribution in [-0.2, 0) is 23.1 Å². The van der Waals surface area contributed by atoms with Gasteiger partial charge in [-0.1, -0.05) is 0 Å². The van der Waals surface area contributed by atoms with Crippen molar-refractivity contribution in [3.63, 3.8) is 0 Å². The molecule has 114 valence electrons. The summed E-state index contributed by atoms with van der Waals surface area (Å²) in [6, 6.07) is 6.21. The number of rotatable bonds is 7. The first-order valence-corrected chi connectivity index (χ1v) is 10.5. The zero-order valence-electron chi connectivity index (χ0n) is 11.1. The van der Waals surface area contributed by atoms with E-state index in [0.29, 0.717) is 17.5 Å². The van der Waals surface area contributed by atoms with Crippen molar-refractivity contribution in [2.75, 3.05) is 0 Å². The van der Waals surface area contributed by atoms with Gasteiger partial charge < -0.3 is 5.32 Å². The maximum absolute atomic E-state index is 12.2. The van der Waals surface area contributed by atoms with Crippen LogP contribution in [0.5, 0.6) is 0 Å². The zero-order chi connectivity index (χ0) is 14.9. The van der Waals surface area contributed by atoms with Gasteiger partial charge in [-0.25, -0.2) is 13.1 Å². The largest absolute Gasteiger partial charge is 0.309 e. The van der Waals surface area contributed by atoms with E-state index in [1.54, 1.807) is 11.4 Å². The van der Waals surface area contributed by atoms with Crippen molar-refractivity contribution in [2.45, 2.75) is 36.9 Å². The smallest absolute Gasteiger partial charge is 0.241 e. The van der Waals surface area contributed by atoms with Gasteiger partial charge in [0.2, 0.25) is 10.0 Å². The summed E-state index contributed by atoms with van der Waals surface area (Å²) in [7, 11) is -3.43. The van der Waals surface area contributed by atoms with Crippen LogP contribution in [0, 0.1) is 0 Å². The van der Waals surface area contributed by atoms with Gasteiger partial charge in [0.05, 0.1) is 8.68 Å². The van der Waals surface area contributed by atoms with Gasteiger partial charge in [-0.15, -0.1) is 22.7 Å². The first kappa shape index (κ1) is 15.6. The fourth-order valence-electron chi connectivity index (χ4n) is 1.82. The highest BCUT2D eigenvalue weighted by atomic mass is 79.9. The molecule has 4 nitrogen and oxygen atoms in total. The van der Waals surface area contributed by atoms with Crippen LogP contribution in [-0.4, -0.2) is 14.5 Å². The van der Waals surface area contributed by atoms with Gasteiger partial charge in [0.15, 0.2) is 0 Å². The first-order valence-electron chi connectivity index (χ1n) is 6.57. The minimum absolute atomic E-state index is 0.324. The fraction of sp³-hybridized carbons (Fsp3) is 0.385. The number of hydrogen-bond acceptors (Lipinski definition) is 5. The van der Waals surface area contributed by atoms with Crippen molar-refractivity contribution in [1.82, 2.24) is 10.0 Å². The normalized spacial score (nSPS) is 15.5. The molecule has 21 heavy (non-hydrogen) atoms. The molecule has 0 atom stereocenters. The zero-order valence-corrected chi connectivity index (χ0v) is 15.2. The Balaban J connectivity index is 1.60. The molecular formula is C13H15BrN2O2S3. The second-order valence-corrected chi connectivity index (χ2v) is 10.2. The molecule has 2 aromatic heterocycles. The molecule has 8 heteroatoms. The van der Waals surface area contributed by atoms with Crippen molar-refractivity contribution in [3.05, 3.63) is 37.1 Å². The molecular weight excluding hydrogens is 392 g/mol. The van der Waals surface area contributed by atoms with E-state index in [1.807, 2.05) is 12.1 Å². The van der Waals surface area contributed by atoms with Crippen LogP contribution in [0.3, 0.4) is 0 Å². The van der Waals surface area contributed by atoms with Crippen molar-refractivity contribution in [2.24, 2.45) is 0 Å². The van der Waals surface area contributed by atoms with Gasteiger partial charge in [-0.05, 0) is 47.0 Å². The fourth-order valence-corrected chi connectivity index (χ4v) is 5.57. The van der Waals surface area contributed by atoms with Crippen LogP contribution in [0.2, 0.25) is 0 Å². The van der Waals surface area contributed by atoms with Crippen LogP contribution in [0.4, 0.5) is 0 Å². The molecule has 0 amide bonds. The molecule has 0 spiro atoms. The highest BCUT2D eigenvalue weighted by Crippen LogP contribution is 2.24. The van der Waals surface area contributed by atoms with E-state index in [9.17, 15) is 8.42 Å². The lowest BCUT2D eigenvalue weighted by Crippen LogP contribution is -2.22.